The summed E-state index contributed by atoms with van der Waals surface area (Å²) in [6.07, 6.45) is 1.71. The Morgan fingerprint density at radius 2 is 1.76 bits per heavy atom. The van der Waals surface area contributed by atoms with Crippen molar-refractivity contribution in [3.8, 4) is 0 Å². The normalized spacial score (nSPS) is 14.7. The highest BCUT2D eigenvalue weighted by atomic mass is 32.2. The van der Waals surface area contributed by atoms with Crippen LogP contribution in [0.4, 0.5) is 5.69 Å². The van der Waals surface area contributed by atoms with Crippen LogP contribution in [-0.4, -0.2) is 44.1 Å². The van der Waals surface area contributed by atoms with Crippen molar-refractivity contribution in [2.75, 3.05) is 24.3 Å². The lowest BCUT2D eigenvalue weighted by atomic mass is 10.1. The molecule has 2 aromatic carbocycles. The third-order valence-corrected chi connectivity index (χ3v) is 6.18. The minimum atomic E-state index is -4.05. The number of carbonyl (C=O) groups is 2. The summed E-state index contributed by atoms with van der Waals surface area (Å²) in [6, 6.07) is 13.7. The SMILES string of the molecule is COC(=O)c1ccc(C(=O)/C=C2/Sc3ccccc3N2CCCS(=O)(=O)O)cc1. The molecule has 0 spiro atoms. The number of benzene rings is 2. The smallest absolute Gasteiger partial charge is 0.337 e. The van der Waals surface area contributed by atoms with E-state index in [-0.39, 0.29) is 18.0 Å². The Morgan fingerprint density at radius 3 is 2.41 bits per heavy atom. The molecule has 0 bridgehead atoms. The molecule has 2 aromatic rings. The van der Waals surface area contributed by atoms with E-state index in [4.69, 9.17) is 4.55 Å². The maximum absolute atomic E-state index is 12.7. The van der Waals surface area contributed by atoms with Crippen LogP contribution in [0.15, 0.2) is 64.5 Å². The number of nitrogens with zero attached hydrogens (tertiary/aromatic N) is 1. The van der Waals surface area contributed by atoms with E-state index in [1.807, 2.05) is 29.2 Å². The van der Waals surface area contributed by atoms with Crippen molar-refractivity contribution in [1.29, 1.82) is 0 Å². The van der Waals surface area contributed by atoms with Gasteiger partial charge in [0, 0.05) is 23.1 Å². The van der Waals surface area contributed by atoms with Crippen LogP contribution in [-0.2, 0) is 14.9 Å². The van der Waals surface area contributed by atoms with Gasteiger partial charge in [-0.25, -0.2) is 4.79 Å². The molecule has 0 fully saturated rings. The maximum atomic E-state index is 12.7. The van der Waals surface area contributed by atoms with Gasteiger partial charge in [0.1, 0.15) is 0 Å². The number of esters is 1. The summed E-state index contributed by atoms with van der Waals surface area (Å²) in [7, 11) is -2.76. The minimum absolute atomic E-state index is 0.215. The molecule has 1 N–H and O–H groups in total. The number of hydrogen-bond donors (Lipinski definition) is 1. The molecular formula is C20H19NO6S2. The van der Waals surface area contributed by atoms with Crippen LogP contribution < -0.4 is 4.90 Å². The van der Waals surface area contributed by atoms with Gasteiger partial charge in [-0.05, 0) is 30.7 Å². The van der Waals surface area contributed by atoms with Gasteiger partial charge in [0.15, 0.2) is 5.78 Å². The molecule has 1 heterocycles. The van der Waals surface area contributed by atoms with Gasteiger partial charge in [-0.1, -0.05) is 36.0 Å². The van der Waals surface area contributed by atoms with E-state index in [9.17, 15) is 18.0 Å². The van der Waals surface area contributed by atoms with E-state index in [0.29, 0.717) is 22.7 Å². The molecule has 152 valence electrons. The van der Waals surface area contributed by atoms with Gasteiger partial charge in [0.2, 0.25) is 0 Å². The second-order valence-electron chi connectivity index (χ2n) is 6.28. The van der Waals surface area contributed by atoms with Crippen LogP contribution in [0.1, 0.15) is 27.1 Å². The lowest BCUT2D eigenvalue weighted by Crippen LogP contribution is -2.22. The molecule has 0 aliphatic carbocycles. The standard InChI is InChI=1S/C20H19NO6S2/c1-27-20(23)15-9-7-14(8-10-15)17(22)13-19-21(11-4-12-29(24,25)26)16-5-2-3-6-18(16)28-19/h2-3,5-10,13H,4,11-12H2,1H3,(H,24,25,26)/b19-13+. The first-order chi connectivity index (χ1) is 13.8. The van der Waals surface area contributed by atoms with Crippen molar-refractivity contribution >= 4 is 39.3 Å². The Hall–Kier alpha value is -2.62. The summed E-state index contributed by atoms with van der Waals surface area (Å²) in [4.78, 5) is 27.1. The average Bonchev–Trinajstić information content (AvgIpc) is 3.03. The van der Waals surface area contributed by atoms with Gasteiger partial charge in [0.05, 0.1) is 29.1 Å². The fraction of sp³-hybridized carbons (Fsp3) is 0.200. The van der Waals surface area contributed by atoms with Gasteiger partial charge < -0.3 is 9.64 Å². The number of methoxy groups -OCH3 is 1. The number of hydrogen-bond acceptors (Lipinski definition) is 7. The van der Waals surface area contributed by atoms with E-state index >= 15 is 0 Å². The Bertz CT molecular complexity index is 1060. The van der Waals surface area contributed by atoms with Crippen LogP contribution in [0.2, 0.25) is 0 Å². The first kappa shape index (κ1) is 21.1. The molecule has 0 saturated carbocycles. The lowest BCUT2D eigenvalue weighted by Gasteiger charge is -2.20. The molecule has 9 heteroatoms. The summed E-state index contributed by atoms with van der Waals surface area (Å²) >= 11 is 1.42. The quantitative estimate of drug-likeness (QED) is 0.307. The number of ether oxygens (including phenoxy) is 1. The zero-order valence-electron chi connectivity index (χ0n) is 15.6. The van der Waals surface area contributed by atoms with E-state index in [2.05, 4.69) is 4.74 Å². The zero-order chi connectivity index (χ0) is 21.0. The van der Waals surface area contributed by atoms with E-state index in [1.54, 1.807) is 12.1 Å². The number of carbonyl (C=O) groups excluding carboxylic acids is 2. The number of allylic oxidation sites excluding steroid dienone is 1. The molecule has 3 rings (SSSR count). The van der Waals surface area contributed by atoms with Crippen LogP contribution in [0, 0.1) is 0 Å². The van der Waals surface area contributed by atoms with Crippen molar-refractivity contribution in [3.05, 3.63) is 70.8 Å². The number of rotatable bonds is 7. The minimum Gasteiger partial charge on any atom is -0.465 e. The van der Waals surface area contributed by atoms with Crippen LogP contribution in [0.5, 0.6) is 0 Å². The molecule has 1 aliphatic heterocycles. The second-order valence-corrected chi connectivity index (χ2v) is 8.91. The van der Waals surface area contributed by atoms with Gasteiger partial charge in [-0.15, -0.1) is 0 Å². The molecule has 1 aliphatic rings. The zero-order valence-corrected chi connectivity index (χ0v) is 17.2. The molecule has 0 atom stereocenters. The van der Waals surface area contributed by atoms with Crippen molar-refractivity contribution in [1.82, 2.24) is 0 Å². The molecule has 0 unspecified atom stereocenters. The molecule has 29 heavy (non-hydrogen) atoms. The number of fused-ring (bicyclic) bond motifs is 1. The van der Waals surface area contributed by atoms with E-state index < -0.39 is 16.1 Å². The van der Waals surface area contributed by atoms with Gasteiger partial charge >= 0.3 is 5.97 Å². The largest absolute Gasteiger partial charge is 0.465 e. The second kappa shape index (κ2) is 8.81. The third-order valence-electron chi connectivity index (χ3n) is 4.27. The number of anilines is 1. The first-order valence-corrected chi connectivity index (χ1v) is 11.1. The van der Waals surface area contributed by atoms with Gasteiger partial charge in [0.25, 0.3) is 10.1 Å². The summed E-state index contributed by atoms with van der Waals surface area (Å²) in [5.74, 6) is -1.07. The number of ketones is 1. The van der Waals surface area contributed by atoms with Gasteiger partial charge in [-0.3, -0.25) is 9.35 Å². The van der Waals surface area contributed by atoms with Gasteiger partial charge in [-0.2, -0.15) is 8.42 Å². The fourth-order valence-electron chi connectivity index (χ4n) is 2.88. The Kier molecular flexibility index (Phi) is 6.41. The number of thioether (sulfide) groups is 1. The Balaban J connectivity index is 1.82. The van der Waals surface area contributed by atoms with E-state index in [0.717, 1.165) is 10.6 Å². The predicted octanol–water partition coefficient (Wildman–Crippen LogP) is 3.39. The topological polar surface area (TPSA) is 101 Å². The highest BCUT2D eigenvalue weighted by Crippen LogP contribution is 2.45. The third kappa shape index (κ3) is 5.26. The summed E-state index contributed by atoms with van der Waals surface area (Å²) in [5.41, 5.74) is 1.65. The van der Waals surface area contributed by atoms with E-state index in [1.165, 1.54) is 37.1 Å². The lowest BCUT2D eigenvalue weighted by molar-refractivity contribution is 0.0600. The van der Waals surface area contributed by atoms with Crippen molar-refractivity contribution in [2.24, 2.45) is 0 Å². The average molecular weight is 434 g/mol. The highest BCUT2D eigenvalue weighted by Gasteiger charge is 2.25. The van der Waals surface area contributed by atoms with Crippen LogP contribution >= 0.6 is 11.8 Å². The van der Waals surface area contributed by atoms with Crippen LogP contribution in [0.25, 0.3) is 0 Å². The number of para-hydroxylation sites is 1. The predicted molar refractivity (Wildman–Crippen MR) is 111 cm³/mol. The molecule has 0 saturated heterocycles. The van der Waals surface area contributed by atoms with Crippen molar-refractivity contribution < 1.29 is 27.3 Å². The molecular weight excluding hydrogens is 414 g/mol. The highest BCUT2D eigenvalue weighted by molar-refractivity contribution is 8.03. The molecule has 0 aromatic heterocycles. The molecule has 0 radical (unpaired) electrons. The summed E-state index contributed by atoms with van der Waals surface area (Å²) in [5, 5.41) is 0.670. The molecule has 7 nitrogen and oxygen atoms in total. The fourth-order valence-corrected chi connectivity index (χ4v) is 4.49. The monoisotopic (exact) mass is 433 g/mol. The first-order valence-electron chi connectivity index (χ1n) is 8.72. The van der Waals surface area contributed by atoms with Crippen LogP contribution in [0.3, 0.4) is 0 Å². The summed E-state index contributed by atoms with van der Waals surface area (Å²) < 4.78 is 35.7. The Morgan fingerprint density at radius 1 is 1.10 bits per heavy atom. The molecule has 0 amide bonds. The van der Waals surface area contributed by atoms with Crippen molar-refractivity contribution in [2.45, 2.75) is 11.3 Å². The Labute approximate surface area is 173 Å². The van der Waals surface area contributed by atoms with Crippen molar-refractivity contribution in [3.63, 3.8) is 0 Å². The maximum Gasteiger partial charge on any atom is 0.337 e. The summed E-state index contributed by atoms with van der Waals surface area (Å²) in [6.45, 7) is 0.337.